The molecule has 0 spiro atoms. The summed E-state index contributed by atoms with van der Waals surface area (Å²) < 4.78 is 49.8. The molecule has 0 saturated heterocycles. The van der Waals surface area contributed by atoms with Gasteiger partial charge in [0.15, 0.2) is 0 Å². The van der Waals surface area contributed by atoms with Crippen LogP contribution in [0.1, 0.15) is 5.56 Å². The molecule has 0 aliphatic rings. The molecular weight excluding hydrogens is 323 g/mol. The van der Waals surface area contributed by atoms with Crippen LogP contribution in [0.25, 0.3) is 0 Å². The van der Waals surface area contributed by atoms with Crippen LogP contribution in [0.4, 0.5) is 4.39 Å². The Balaban J connectivity index is 2.68. The van der Waals surface area contributed by atoms with Gasteiger partial charge < -0.3 is 15.2 Å². The topological polar surface area (TPSA) is 90.6 Å². The largest absolute Gasteiger partial charge is 0.382 e. The van der Waals surface area contributed by atoms with E-state index in [1.54, 1.807) is 0 Å². The maximum Gasteiger partial charge on any atom is 0.240 e. The molecule has 0 heterocycles. The molecule has 0 aliphatic heterocycles. The standard InChI is InChI=1S/C12H18ClFN2O4S/c1-19-4-5-20-3-2-16-21(17,18)10-6-9(8-15)12(13)11(14)7-10/h6-7,16H,2-5,8,15H2,1H3. The highest BCUT2D eigenvalue weighted by molar-refractivity contribution is 7.89. The van der Waals surface area contributed by atoms with E-state index in [2.05, 4.69) is 4.72 Å². The van der Waals surface area contributed by atoms with E-state index in [-0.39, 0.29) is 35.2 Å². The van der Waals surface area contributed by atoms with Gasteiger partial charge in [-0.05, 0) is 17.7 Å². The van der Waals surface area contributed by atoms with Crippen LogP contribution in [-0.2, 0) is 26.0 Å². The van der Waals surface area contributed by atoms with Gasteiger partial charge in [0.1, 0.15) is 5.82 Å². The molecule has 3 N–H and O–H groups in total. The first-order valence-electron chi connectivity index (χ1n) is 6.16. The van der Waals surface area contributed by atoms with Gasteiger partial charge in [-0.15, -0.1) is 0 Å². The summed E-state index contributed by atoms with van der Waals surface area (Å²) >= 11 is 5.69. The average molecular weight is 341 g/mol. The van der Waals surface area contributed by atoms with Crippen molar-refractivity contribution in [3.05, 3.63) is 28.5 Å². The van der Waals surface area contributed by atoms with Crippen LogP contribution in [-0.4, -0.2) is 41.9 Å². The lowest BCUT2D eigenvalue weighted by molar-refractivity contribution is 0.0736. The summed E-state index contributed by atoms with van der Waals surface area (Å²) in [6.45, 7) is 0.982. The third-order valence-corrected chi connectivity index (χ3v) is 4.44. The van der Waals surface area contributed by atoms with Crippen molar-refractivity contribution >= 4 is 21.6 Å². The van der Waals surface area contributed by atoms with Gasteiger partial charge in [0.2, 0.25) is 10.0 Å². The number of rotatable bonds is 9. The lowest BCUT2D eigenvalue weighted by atomic mass is 10.2. The zero-order valence-electron chi connectivity index (χ0n) is 11.6. The fourth-order valence-corrected chi connectivity index (χ4v) is 2.76. The molecule has 0 aromatic heterocycles. The average Bonchev–Trinajstić information content (AvgIpc) is 2.45. The van der Waals surface area contributed by atoms with Crippen molar-refractivity contribution in [1.82, 2.24) is 4.72 Å². The minimum absolute atomic E-state index is 0.0563. The van der Waals surface area contributed by atoms with Gasteiger partial charge in [0.05, 0.1) is 29.7 Å². The molecule has 1 aromatic carbocycles. The number of hydrogen-bond donors (Lipinski definition) is 2. The van der Waals surface area contributed by atoms with E-state index in [4.69, 9.17) is 26.8 Å². The molecule has 0 amide bonds. The Bertz CT molecular complexity index is 569. The highest BCUT2D eigenvalue weighted by Gasteiger charge is 2.18. The number of methoxy groups -OCH3 is 1. The zero-order chi connectivity index (χ0) is 15.9. The van der Waals surface area contributed by atoms with E-state index in [0.29, 0.717) is 13.2 Å². The Morgan fingerprint density at radius 3 is 2.67 bits per heavy atom. The fraction of sp³-hybridized carbons (Fsp3) is 0.500. The van der Waals surface area contributed by atoms with Gasteiger partial charge in [0.25, 0.3) is 0 Å². The molecule has 0 unspecified atom stereocenters. The molecule has 0 fully saturated rings. The number of benzene rings is 1. The van der Waals surface area contributed by atoms with Gasteiger partial charge in [-0.2, -0.15) is 0 Å². The van der Waals surface area contributed by atoms with Gasteiger partial charge in [-0.3, -0.25) is 0 Å². The molecule has 1 rings (SSSR count). The van der Waals surface area contributed by atoms with Crippen LogP contribution in [0.3, 0.4) is 0 Å². The number of ether oxygens (including phenoxy) is 2. The fourth-order valence-electron chi connectivity index (χ4n) is 1.50. The third kappa shape index (κ3) is 5.50. The number of halogens is 2. The van der Waals surface area contributed by atoms with E-state index in [0.717, 1.165) is 6.07 Å². The van der Waals surface area contributed by atoms with Gasteiger partial charge in [-0.1, -0.05) is 11.6 Å². The Morgan fingerprint density at radius 2 is 2.05 bits per heavy atom. The van der Waals surface area contributed by atoms with Crippen molar-refractivity contribution in [2.24, 2.45) is 5.73 Å². The number of hydrogen-bond acceptors (Lipinski definition) is 5. The first kappa shape index (κ1) is 18.3. The Hall–Kier alpha value is -0.770. The molecule has 0 atom stereocenters. The van der Waals surface area contributed by atoms with E-state index in [1.807, 2.05) is 0 Å². The van der Waals surface area contributed by atoms with Gasteiger partial charge in [0, 0.05) is 20.2 Å². The maximum absolute atomic E-state index is 13.6. The van der Waals surface area contributed by atoms with Gasteiger partial charge >= 0.3 is 0 Å². The van der Waals surface area contributed by atoms with Crippen LogP contribution >= 0.6 is 11.6 Å². The lowest BCUT2D eigenvalue weighted by Crippen LogP contribution is -2.28. The highest BCUT2D eigenvalue weighted by Crippen LogP contribution is 2.23. The van der Waals surface area contributed by atoms with Crippen molar-refractivity contribution in [2.45, 2.75) is 11.4 Å². The monoisotopic (exact) mass is 340 g/mol. The second-order valence-electron chi connectivity index (χ2n) is 4.09. The highest BCUT2D eigenvalue weighted by atomic mass is 35.5. The number of nitrogens with two attached hydrogens (primary N) is 1. The van der Waals surface area contributed by atoms with Crippen molar-refractivity contribution in [3.8, 4) is 0 Å². The summed E-state index contributed by atoms with van der Waals surface area (Å²) in [4.78, 5) is -0.221. The SMILES string of the molecule is COCCOCCNS(=O)(=O)c1cc(F)c(Cl)c(CN)c1. The van der Waals surface area contributed by atoms with E-state index >= 15 is 0 Å². The molecule has 0 bridgehead atoms. The molecular formula is C12H18ClFN2O4S. The summed E-state index contributed by atoms with van der Waals surface area (Å²) in [5.41, 5.74) is 5.63. The van der Waals surface area contributed by atoms with E-state index in [1.165, 1.54) is 13.2 Å². The Kier molecular flexibility index (Phi) is 7.50. The van der Waals surface area contributed by atoms with Crippen LogP contribution in [0.2, 0.25) is 5.02 Å². The van der Waals surface area contributed by atoms with Crippen LogP contribution in [0.15, 0.2) is 17.0 Å². The molecule has 120 valence electrons. The normalized spacial score (nSPS) is 11.8. The predicted octanol–water partition coefficient (Wildman–Crippen LogP) is 0.879. The third-order valence-electron chi connectivity index (χ3n) is 2.58. The summed E-state index contributed by atoms with van der Waals surface area (Å²) in [7, 11) is -2.30. The second-order valence-corrected chi connectivity index (χ2v) is 6.23. The van der Waals surface area contributed by atoms with Crippen molar-refractivity contribution in [2.75, 3.05) is 33.5 Å². The Labute approximate surface area is 128 Å². The predicted molar refractivity (Wildman–Crippen MR) is 77.2 cm³/mol. The van der Waals surface area contributed by atoms with Crippen LogP contribution in [0, 0.1) is 5.82 Å². The van der Waals surface area contributed by atoms with E-state index in [9.17, 15) is 12.8 Å². The maximum atomic E-state index is 13.6. The first-order valence-corrected chi connectivity index (χ1v) is 8.03. The number of sulfonamides is 1. The summed E-state index contributed by atoms with van der Waals surface area (Å²) in [5.74, 6) is -0.823. The molecule has 6 nitrogen and oxygen atoms in total. The first-order chi connectivity index (χ1) is 9.92. The molecule has 0 aliphatic carbocycles. The molecule has 0 saturated carbocycles. The van der Waals surface area contributed by atoms with Gasteiger partial charge in [-0.25, -0.2) is 17.5 Å². The minimum atomic E-state index is -3.84. The van der Waals surface area contributed by atoms with Crippen molar-refractivity contribution in [1.29, 1.82) is 0 Å². The van der Waals surface area contributed by atoms with Crippen molar-refractivity contribution in [3.63, 3.8) is 0 Å². The number of nitrogens with one attached hydrogen (secondary N) is 1. The molecule has 1 aromatic rings. The van der Waals surface area contributed by atoms with Crippen LogP contribution < -0.4 is 10.5 Å². The summed E-state index contributed by atoms with van der Waals surface area (Å²) in [6.07, 6.45) is 0. The minimum Gasteiger partial charge on any atom is -0.382 e. The Morgan fingerprint density at radius 1 is 1.33 bits per heavy atom. The quantitative estimate of drug-likeness (QED) is 0.651. The second kappa shape index (κ2) is 8.62. The van der Waals surface area contributed by atoms with E-state index < -0.39 is 15.8 Å². The zero-order valence-corrected chi connectivity index (χ0v) is 13.1. The van der Waals surface area contributed by atoms with Crippen molar-refractivity contribution < 1.29 is 22.3 Å². The van der Waals surface area contributed by atoms with Crippen LogP contribution in [0.5, 0.6) is 0 Å². The summed E-state index contributed by atoms with van der Waals surface area (Å²) in [6, 6.07) is 2.11. The molecule has 21 heavy (non-hydrogen) atoms. The smallest absolute Gasteiger partial charge is 0.240 e. The summed E-state index contributed by atoms with van der Waals surface area (Å²) in [5, 5.41) is -0.167. The molecule has 9 heteroatoms. The molecule has 0 radical (unpaired) electrons. The lowest BCUT2D eigenvalue weighted by Gasteiger charge is -2.10.